The highest BCUT2D eigenvalue weighted by atomic mass is 79.9. The summed E-state index contributed by atoms with van der Waals surface area (Å²) < 4.78 is 0.918. The van der Waals surface area contributed by atoms with Crippen molar-refractivity contribution in [2.24, 2.45) is 0 Å². The first-order chi connectivity index (χ1) is 18.4. The van der Waals surface area contributed by atoms with Crippen LogP contribution in [-0.4, -0.2) is 23.4 Å². The van der Waals surface area contributed by atoms with E-state index >= 15 is 0 Å². The van der Waals surface area contributed by atoms with Crippen molar-refractivity contribution in [3.05, 3.63) is 136 Å². The summed E-state index contributed by atoms with van der Waals surface area (Å²) in [7, 11) is 0. The van der Waals surface area contributed by atoms with E-state index < -0.39 is 5.91 Å². The molecule has 0 unspecified atom stereocenters. The van der Waals surface area contributed by atoms with Gasteiger partial charge in [0.1, 0.15) is 5.70 Å². The number of benzene rings is 4. The van der Waals surface area contributed by atoms with Crippen molar-refractivity contribution in [1.29, 1.82) is 0 Å². The standard InChI is InChI=1S/C31H25BrN2O3S/c1-21-10-12-22(13-11-21)18-28(34-30(36)24-6-3-2-4-7-24)31(37)33-26-8-5-9-27(19-26)38-20-29(35)23-14-16-25(32)17-15-23/h2-19H,20H2,1H3,(H,33,37)(H,34,36)/b28-18-. The van der Waals surface area contributed by atoms with Crippen molar-refractivity contribution in [3.8, 4) is 0 Å². The number of thioether (sulfide) groups is 1. The first-order valence-electron chi connectivity index (χ1n) is 11.8. The molecule has 0 fully saturated rings. The van der Waals surface area contributed by atoms with Crippen molar-refractivity contribution in [2.75, 3.05) is 11.1 Å². The van der Waals surface area contributed by atoms with Crippen LogP contribution < -0.4 is 10.6 Å². The third kappa shape index (κ3) is 7.78. The van der Waals surface area contributed by atoms with Crippen LogP contribution in [0, 0.1) is 6.92 Å². The number of hydrogen-bond acceptors (Lipinski definition) is 4. The van der Waals surface area contributed by atoms with Gasteiger partial charge in [0.05, 0.1) is 5.75 Å². The first kappa shape index (κ1) is 27.1. The number of Topliss-reactive ketones (excluding diaryl/α,β-unsaturated/α-hetero) is 1. The van der Waals surface area contributed by atoms with Crippen LogP contribution in [-0.2, 0) is 4.79 Å². The topological polar surface area (TPSA) is 75.3 Å². The summed E-state index contributed by atoms with van der Waals surface area (Å²) in [6.45, 7) is 1.98. The lowest BCUT2D eigenvalue weighted by Crippen LogP contribution is -2.30. The van der Waals surface area contributed by atoms with Crippen LogP contribution in [0.15, 0.2) is 118 Å². The van der Waals surface area contributed by atoms with Crippen LogP contribution in [0.4, 0.5) is 5.69 Å². The Balaban J connectivity index is 1.48. The van der Waals surface area contributed by atoms with Crippen LogP contribution >= 0.6 is 27.7 Å². The Bertz CT molecular complexity index is 1470. The minimum atomic E-state index is -0.456. The summed E-state index contributed by atoms with van der Waals surface area (Å²) >= 11 is 4.77. The molecule has 0 aliphatic rings. The Kier molecular flexibility index (Phi) is 9.30. The third-order valence-corrected chi connectivity index (χ3v) is 7.07. The van der Waals surface area contributed by atoms with Gasteiger partial charge < -0.3 is 10.6 Å². The van der Waals surface area contributed by atoms with Crippen molar-refractivity contribution >= 4 is 57.1 Å². The maximum Gasteiger partial charge on any atom is 0.272 e. The van der Waals surface area contributed by atoms with Crippen molar-refractivity contribution < 1.29 is 14.4 Å². The molecule has 0 spiro atoms. The molecule has 190 valence electrons. The minimum Gasteiger partial charge on any atom is -0.321 e. The van der Waals surface area contributed by atoms with Crippen LogP contribution in [0.1, 0.15) is 31.8 Å². The number of amides is 2. The zero-order valence-corrected chi connectivity index (χ0v) is 23.0. The Labute approximate surface area is 234 Å². The molecule has 7 heteroatoms. The average molecular weight is 586 g/mol. The van der Waals surface area contributed by atoms with Gasteiger partial charge in [0, 0.05) is 26.2 Å². The highest BCUT2D eigenvalue weighted by Gasteiger charge is 2.15. The lowest BCUT2D eigenvalue weighted by Gasteiger charge is -2.12. The number of rotatable bonds is 9. The van der Waals surface area contributed by atoms with Gasteiger partial charge in [-0.3, -0.25) is 14.4 Å². The summed E-state index contributed by atoms with van der Waals surface area (Å²) in [6.07, 6.45) is 1.64. The quantitative estimate of drug-likeness (QED) is 0.124. The van der Waals surface area contributed by atoms with Crippen LogP contribution in [0.3, 0.4) is 0 Å². The van der Waals surface area contributed by atoms with Gasteiger partial charge in [-0.2, -0.15) is 0 Å². The Hall–Kier alpha value is -3.94. The molecule has 0 atom stereocenters. The lowest BCUT2D eigenvalue weighted by atomic mass is 10.1. The van der Waals surface area contributed by atoms with Gasteiger partial charge in [-0.15, -0.1) is 11.8 Å². The first-order valence-corrected chi connectivity index (χ1v) is 13.6. The van der Waals surface area contributed by atoms with Gasteiger partial charge in [-0.25, -0.2) is 0 Å². The van der Waals surface area contributed by atoms with Gasteiger partial charge in [0.2, 0.25) is 0 Å². The van der Waals surface area contributed by atoms with E-state index in [9.17, 15) is 14.4 Å². The molecule has 2 N–H and O–H groups in total. The van der Waals surface area contributed by atoms with Crippen molar-refractivity contribution in [1.82, 2.24) is 5.32 Å². The zero-order valence-electron chi connectivity index (χ0n) is 20.6. The van der Waals surface area contributed by atoms with Gasteiger partial charge in [0.15, 0.2) is 5.78 Å². The van der Waals surface area contributed by atoms with Crippen molar-refractivity contribution in [2.45, 2.75) is 11.8 Å². The number of carbonyl (C=O) groups excluding carboxylic acids is 3. The maximum atomic E-state index is 13.3. The Morgan fingerprint density at radius 1 is 0.816 bits per heavy atom. The van der Waals surface area contributed by atoms with E-state index in [2.05, 4.69) is 26.6 Å². The van der Waals surface area contributed by atoms with Gasteiger partial charge in [-0.1, -0.05) is 82.2 Å². The number of halogens is 1. The molecule has 0 aromatic heterocycles. The Morgan fingerprint density at radius 2 is 1.53 bits per heavy atom. The normalized spacial score (nSPS) is 11.1. The van der Waals surface area contributed by atoms with E-state index in [1.165, 1.54) is 11.8 Å². The van der Waals surface area contributed by atoms with E-state index in [1.54, 1.807) is 54.6 Å². The fourth-order valence-electron chi connectivity index (χ4n) is 3.50. The predicted octanol–water partition coefficient (Wildman–Crippen LogP) is 7.14. The number of aryl methyl sites for hydroxylation is 1. The number of ketones is 1. The molecule has 0 heterocycles. The SMILES string of the molecule is Cc1ccc(/C=C(\NC(=O)c2ccccc2)C(=O)Nc2cccc(SCC(=O)c3ccc(Br)cc3)c2)cc1. The number of carbonyl (C=O) groups is 3. The zero-order chi connectivity index (χ0) is 26.9. The van der Waals surface area contributed by atoms with E-state index in [4.69, 9.17) is 0 Å². The summed E-state index contributed by atoms with van der Waals surface area (Å²) in [5.74, 6) is -0.549. The molecular formula is C31H25BrN2O3S. The monoisotopic (exact) mass is 584 g/mol. The van der Waals surface area contributed by atoms with Crippen LogP contribution in [0.25, 0.3) is 6.08 Å². The Morgan fingerprint density at radius 3 is 2.24 bits per heavy atom. The second-order valence-electron chi connectivity index (χ2n) is 8.49. The molecule has 0 saturated carbocycles. The maximum absolute atomic E-state index is 13.3. The summed E-state index contributed by atoms with van der Waals surface area (Å²) in [4.78, 5) is 39.5. The van der Waals surface area contributed by atoms with E-state index in [1.807, 2.05) is 61.5 Å². The third-order valence-electron chi connectivity index (χ3n) is 5.55. The van der Waals surface area contributed by atoms with Crippen LogP contribution in [0.5, 0.6) is 0 Å². The number of anilines is 1. The van der Waals surface area contributed by atoms with Crippen LogP contribution in [0.2, 0.25) is 0 Å². The number of nitrogens with one attached hydrogen (secondary N) is 2. The molecule has 4 rings (SSSR count). The molecule has 0 bridgehead atoms. The molecule has 5 nitrogen and oxygen atoms in total. The summed E-state index contributed by atoms with van der Waals surface area (Å²) in [5, 5.41) is 5.62. The lowest BCUT2D eigenvalue weighted by molar-refractivity contribution is -0.113. The average Bonchev–Trinajstić information content (AvgIpc) is 2.93. The summed E-state index contributed by atoms with van der Waals surface area (Å²) in [5.41, 5.74) is 3.64. The fourth-order valence-corrected chi connectivity index (χ4v) is 4.62. The van der Waals surface area contributed by atoms with Gasteiger partial charge in [0.25, 0.3) is 11.8 Å². The molecule has 0 aliphatic carbocycles. The van der Waals surface area contributed by atoms with Gasteiger partial charge >= 0.3 is 0 Å². The van der Waals surface area contributed by atoms with Gasteiger partial charge in [-0.05, 0) is 61.0 Å². The second-order valence-corrected chi connectivity index (χ2v) is 10.5. The largest absolute Gasteiger partial charge is 0.321 e. The molecule has 4 aromatic carbocycles. The van der Waals surface area contributed by atoms with E-state index in [0.29, 0.717) is 16.8 Å². The highest BCUT2D eigenvalue weighted by Crippen LogP contribution is 2.23. The predicted molar refractivity (Wildman–Crippen MR) is 157 cm³/mol. The summed E-state index contributed by atoms with van der Waals surface area (Å²) in [6, 6.07) is 30.9. The smallest absolute Gasteiger partial charge is 0.272 e. The molecule has 0 saturated heterocycles. The second kappa shape index (κ2) is 13.0. The molecular weight excluding hydrogens is 560 g/mol. The van der Waals surface area contributed by atoms with E-state index in [0.717, 1.165) is 20.5 Å². The molecule has 4 aromatic rings. The molecule has 2 amide bonds. The highest BCUT2D eigenvalue weighted by molar-refractivity contribution is 9.10. The molecule has 0 radical (unpaired) electrons. The fraction of sp³-hybridized carbons (Fsp3) is 0.0645. The number of hydrogen-bond donors (Lipinski definition) is 2. The van der Waals surface area contributed by atoms with Crippen molar-refractivity contribution in [3.63, 3.8) is 0 Å². The van der Waals surface area contributed by atoms with E-state index in [-0.39, 0.29) is 23.1 Å². The molecule has 0 aliphatic heterocycles. The molecule has 38 heavy (non-hydrogen) atoms. The minimum absolute atomic E-state index is 0.0175.